The summed E-state index contributed by atoms with van der Waals surface area (Å²) < 4.78 is 65.1. The maximum absolute atomic E-state index is 14.3. The highest BCUT2D eigenvalue weighted by Gasteiger charge is 2.53. The van der Waals surface area contributed by atoms with Gasteiger partial charge in [-0.1, -0.05) is 36.4 Å². The zero-order valence-corrected chi connectivity index (χ0v) is 25.8. The minimum atomic E-state index is -3.76. The average Bonchev–Trinajstić information content (AvgIpc) is 2.98. The van der Waals surface area contributed by atoms with Crippen LogP contribution in [0.15, 0.2) is 59.5 Å². The van der Waals surface area contributed by atoms with E-state index in [1.807, 2.05) is 6.07 Å². The molecule has 10 nitrogen and oxygen atoms in total. The fourth-order valence-corrected chi connectivity index (χ4v) is 7.40. The Morgan fingerprint density at radius 1 is 1.09 bits per heavy atom. The zero-order valence-electron chi connectivity index (χ0n) is 24.9. The highest BCUT2D eigenvalue weighted by molar-refractivity contribution is 7.53. The van der Waals surface area contributed by atoms with Gasteiger partial charge in [0.15, 0.2) is 11.5 Å². The molecule has 2 aromatic carbocycles. The van der Waals surface area contributed by atoms with E-state index in [4.69, 9.17) is 18.5 Å². The van der Waals surface area contributed by atoms with E-state index in [-0.39, 0.29) is 61.6 Å². The second-order valence-corrected chi connectivity index (χ2v) is 12.5. The fraction of sp³-hybridized carbons (Fsp3) is 0.387. The van der Waals surface area contributed by atoms with Gasteiger partial charge in [-0.05, 0) is 32.4 Å². The number of nitrogens with one attached hydrogen (secondary N) is 1. The van der Waals surface area contributed by atoms with Crippen molar-refractivity contribution in [2.75, 3.05) is 26.5 Å². The number of ketones is 1. The van der Waals surface area contributed by atoms with Crippen LogP contribution >= 0.6 is 7.60 Å². The molecule has 1 aliphatic heterocycles. The fourth-order valence-electron chi connectivity index (χ4n) is 5.21. The van der Waals surface area contributed by atoms with Crippen molar-refractivity contribution < 1.29 is 41.5 Å². The van der Waals surface area contributed by atoms with Gasteiger partial charge in [-0.3, -0.25) is 18.9 Å². The SMILES string of the molecule is CCOP(=O)(CC1(C)C(=O)c2c(OCc3ccccc3)c(=O)c(C(=O)NCc3ccc(F)cc3F)cn2CC1OC)OCC. The van der Waals surface area contributed by atoms with E-state index in [2.05, 4.69) is 5.32 Å². The van der Waals surface area contributed by atoms with Crippen LogP contribution in [0, 0.1) is 17.0 Å². The first kappa shape index (κ1) is 33.2. The number of pyridine rings is 1. The summed E-state index contributed by atoms with van der Waals surface area (Å²) in [5, 5.41) is 2.48. The Morgan fingerprint density at radius 3 is 2.39 bits per heavy atom. The number of Topliss-reactive ketones (excluding diaryl/α,β-unsaturated/α-hetero) is 1. The van der Waals surface area contributed by atoms with Crippen molar-refractivity contribution in [3.63, 3.8) is 0 Å². The molecule has 0 saturated heterocycles. The van der Waals surface area contributed by atoms with Crippen molar-refractivity contribution in [2.45, 2.75) is 46.6 Å². The van der Waals surface area contributed by atoms with Crippen LogP contribution in [0.2, 0.25) is 0 Å². The lowest BCUT2D eigenvalue weighted by molar-refractivity contribution is -0.00865. The summed E-state index contributed by atoms with van der Waals surface area (Å²) in [6, 6.07) is 11.8. The molecular weight excluding hydrogens is 597 g/mol. The summed E-state index contributed by atoms with van der Waals surface area (Å²) in [5.41, 5.74) is -2.10. The first-order valence-electron chi connectivity index (χ1n) is 14.1. The van der Waals surface area contributed by atoms with Crippen molar-refractivity contribution in [3.8, 4) is 5.75 Å². The molecule has 4 rings (SSSR count). The first-order valence-corrected chi connectivity index (χ1v) is 15.8. The molecule has 0 spiro atoms. The molecule has 0 fully saturated rings. The lowest BCUT2D eigenvalue weighted by atomic mass is 9.77. The molecule has 1 aromatic heterocycles. The molecule has 2 atom stereocenters. The van der Waals surface area contributed by atoms with Crippen LogP contribution in [0.5, 0.6) is 5.75 Å². The number of fused-ring (bicyclic) bond motifs is 1. The Balaban J connectivity index is 1.78. The molecule has 3 aromatic rings. The molecule has 2 heterocycles. The molecule has 1 N–H and O–H groups in total. The number of aromatic nitrogens is 1. The first-order chi connectivity index (χ1) is 21.0. The second-order valence-electron chi connectivity index (χ2n) is 10.5. The summed E-state index contributed by atoms with van der Waals surface area (Å²) in [6.45, 7) is 4.62. The average molecular weight is 633 g/mol. The predicted octanol–water partition coefficient (Wildman–Crippen LogP) is 5.12. The molecule has 0 radical (unpaired) electrons. The van der Waals surface area contributed by atoms with E-state index in [9.17, 15) is 27.7 Å². The maximum atomic E-state index is 14.3. The van der Waals surface area contributed by atoms with Gasteiger partial charge in [0.25, 0.3) is 5.91 Å². The number of halogens is 2. The number of rotatable bonds is 13. The van der Waals surface area contributed by atoms with E-state index in [0.717, 1.165) is 6.07 Å². The van der Waals surface area contributed by atoms with Crippen molar-refractivity contribution in [1.82, 2.24) is 9.88 Å². The Bertz CT molecular complexity index is 1620. The normalized spacial score (nSPS) is 18.1. The highest BCUT2D eigenvalue weighted by Crippen LogP contribution is 2.55. The third-order valence-electron chi connectivity index (χ3n) is 7.43. The van der Waals surface area contributed by atoms with E-state index in [0.29, 0.717) is 11.6 Å². The number of hydrogen-bond acceptors (Lipinski definition) is 8. The number of carbonyl (C=O) groups is 2. The molecule has 2 unspecified atom stereocenters. The second kappa shape index (κ2) is 13.9. The zero-order chi connectivity index (χ0) is 32.1. The highest BCUT2D eigenvalue weighted by atomic mass is 31.2. The van der Waals surface area contributed by atoms with Gasteiger partial charge in [0.2, 0.25) is 5.43 Å². The number of methoxy groups -OCH3 is 1. The molecule has 1 aliphatic rings. The Labute approximate surface area is 253 Å². The van der Waals surface area contributed by atoms with Crippen LogP contribution in [0.4, 0.5) is 8.78 Å². The lowest BCUT2D eigenvalue weighted by Crippen LogP contribution is -2.52. The maximum Gasteiger partial charge on any atom is 0.331 e. The molecule has 1 amide bonds. The number of hydrogen-bond donors (Lipinski definition) is 1. The van der Waals surface area contributed by atoms with Gasteiger partial charge in [-0.2, -0.15) is 0 Å². The summed E-state index contributed by atoms with van der Waals surface area (Å²) in [5.74, 6) is -3.46. The summed E-state index contributed by atoms with van der Waals surface area (Å²) >= 11 is 0. The van der Waals surface area contributed by atoms with E-state index in [1.54, 1.807) is 45.0 Å². The molecular formula is C31H35F2N2O8P. The minimum Gasteiger partial charge on any atom is -0.483 e. The number of nitrogens with zero attached hydrogens (tertiary/aromatic N) is 1. The van der Waals surface area contributed by atoms with Gasteiger partial charge in [0.05, 0.1) is 37.4 Å². The van der Waals surface area contributed by atoms with Crippen LogP contribution in [0.25, 0.3) is 0 Å². The van der Waals surface area contributed by atoms with Crippen molar-refractivity contribution in [3.05, 3.63) is 99.0 Å². The van der Waals surface area contributed by atoms with Gasteiger partial charge < -0.3 is 28.4 Å². The quantitative estimate of drug-likeness (QED) is 0.258. The van der Waals surface area contributed by atoms with Crippen LogP contribution in [-0.4, -0.2) is 48.8 Å². The number of benzene rings is 2. The summed E-state index contributed by atoms with van der Waals surface area (Å²) in [4.78, 5) is 41.4. The van der Waals surface area contributed by atoms with Crippen molar-refractivity contribution in [2.24, 2.45) is 5.41 Å². The third kappa shape index (κ3) is 6.99. The van der Waals surface area contributed by atoms with Crippen LogP contribution in [0.3, 0.4) is 0 Å². The predicted molar refractivity (Wildman–Crippen MR) is 158 cm³/mol. The largest absolute Gasteiger partial charge is 0.483 e. The van der Waals surface area contributed by atoms with Gasteiger partial charge in [0, 0.05) is 31.5 Å². The van der Waals surface area contributed by atoms with Gasteiger partial charge in [0.1, 0.15) is 29.5 Å². The Kier molecular flexibility index (Phi) is 10.5. The van der Waals surface area contributed by atoms with Gasteiger partial charge in [-0.25, -0.2) is 8.78 Å². The molecule has 236 valence electrons. The van der Waals surface area contributed by atoms with Crippen LogP contribution < -0.4 is 15.5 Å². The Hall–Kier alpha value is -3.70. The monoisotopic (exact) mass is 632 g/mol. The number of amides is 1. The third-order valence-corrected chi connectivity index (χ3v) is 9.78. The number of ether oxygens (including phenoxy) is 2. The lowest BCUT2D eigenvalue weighted by Gasteiger charge is -2.42. The van der Waals surface area contributed by atoms with Crippen molar-refractivity contribution in [1.29, 1.82) is 0 Å². The molecule has 13 heteroatoms. The van der Waals surface area contributed by atoms with Crippen molar-refractivity contribution >= 4 is 19.3 Å². The van der Waals surface area contributed by atoms with Gasteiger partial charge >= 0.3 is 7.60 Å². The molecule has 0 bridgehead atoms. The number of carbonyl (C=O) groups excluding carboxylic acids is 2. The Morgan fingerprint density at radius 2 is 1.77 bits per heavy atom. The van der Waals surface area contributed by atoms with E-state index < -0.39 is 47.9 Å². The van der Waals surface area contributed by atoms with E-state index >= 15 is 0 Å². The molecule has 44 heavy (non-hydrogen) atoms. The minimum absolute atomic E-state index is 0.0109. The smallest absolute Gasteiger partial charge is 0.331 e. The topological polar surface area (TPSA) is 122 Å². The summed E-state index contributed by atoms with van der Waals surface area (Å²) in [7, 11) is -2.36. The van der Waals surface area contributed by atoms with E-state index in [1.165, 1.54) is 23.9 Å². The van der Waals surface area contributed by atoms with Gasteiger partial charge in [-0.15, -0.1) is 0 Å². The standard InChI is InChI=1S/C31H35F2N2O8P/c1-5-42-44(39,43-6-2)19-31(3)25(40-4)17-35-16-23(30(38)34-15-21-12-13-22(32)14-24(21)33)27(36)28(26(35)29(31)37)41-18-20-10-8-7-9-11-20/h7-14,16,25H,5-6,15,17-19H2,1-4H3,(H,34,38). The molecule has 0 saturated carbocycles. The molecule has 0 aliphatic carbocycles. The van der Waals surface area contributed by atoms with Crippen LogP contribution in [0.1, 0.15) is 52.7 Å². The summed E-state index contributed by atoms with van der Waals surface area (Å²) in [6.07, 6.45) is 0.0411. The van der Waals surface area contributed by atoms with Crippen LogP contribution in [-0.2, 0) is 38.0 Å².